The highest BCUT2D eigenvalue weighted by Crippen LogP contribution is 2.41. The maximum atomic E-state index is 12.9. The van der Waals surface area contributed by atoms with Gasteiger partial charge in [0, 0.05) is 21.3 Å². The van der Waals surface area contributed by atoms with E-state index in [1.165, 1.54) is 24.5 Å². The molecule has 1 saturated carbocycles. The number of hydrogen-bond acceptors (Lipinski definition) is 9. The van der Waals surface area contributed by atoms with Crippen molar-refractivity contribution in [1.82, 2.24) is 19.7 Å². The molecular formula is C24H24ClN5O4S2. The molecule has 0 spiro atoms. The molecule has 188 valence electrons. The Kier molecular flexibility index (Phi) is 6.48. The minimum atomic E-state index is -3.60. The number of sulfonamides is 1. The molecular weight excluding hydrogens is 522 g/mol. The second kappa shape index (κ2) is 9.33. The number of nitrogens with zero attached hydrogens (tertiary/aromatic N) is 3. The number of nitrogen functional groups attached to an aromatic ring is 1. The van der Waals surface area contributed by atoms with Gasteiger partial charge < -0.3 is 15.9 Å². The molecule has 36 heavy (non-hydrogen) atoms. The molecule has 1 fully saturated rings. The number of anilines is 1. The highest BCUT2D eigenvalue weighted by Gasteiger charge is 2.38. The molecule has 5 N–H and O–H groups in total. The predicted octanol–water partition coefficient (Wildman–Crippen LogP) is 3.36. The summed E-state index contributed by atoms with van der Waals surface area (Å²) in [6.07, 6.45) is 4.16. The number of aliphatic hydroxyl groups excluding tert-OH is 1. The van der Waals surface area contributed by atoms with E-state index < -0.39 is 33.5 Å². The van der Waals surface area contributed by atoms with Crippen molar-refractivity contribution < 1.29 is 18.6 Å². The Bertz CT molecular complexity index is 1550. The van der Waals surface area contributed by atoms with E-state index in [4.69, 9.17) is 17.3 Å². The van der Waals surface area contributed by atoms with Crippen LogP contribution < -0.4 is 10.5 Å². The topological polar surface area (TPSA) is 151 Å². The minimum absolute atomic E-state index is 0.0104. The number of nitrogens with two attached hydrogens (primary N) is 1. The van der Waals surface area contributed by atoms with Crippen LogP contribution in [0.1, 0.15) is 41.9 Å². The summed E-state index contributed by atoms with van der Waals surface area (Å²) >= 11 is 7.79. The van der Waals surface area contributed by atoms with Crippen LogP contribution in [-0.4, -0.2) is 45.4 Å². The van der Waals surface area contributed by atoms with Gasteiger partial charge in [0.05, 0.1) is 40.5 Å². The lowest BCUT2D eigenvalue weighted by atomic mass is 9.96. The van der Waals surface area contributed by atoms with E-state index in [-0.39, 0.29) is 16.7 Å². The minimum Gasteiger partial charge on any atom is -0.393 e. The van der Waals surface area contributed by atoms with Crippen molar-refractivity contribution in [2.75, 3.05) is 12.3 Å². The lowest BCUT2D eigenvalue weighted by Crippen LogP contribution is -2.32. The second-order valence-electron chi connectivity index (χ2n) is 8.99. The average molecular weight is 546 g/mol. The molecule has 12 heteroatoms. The fraction of sp³-hybridized carbons (Fsp3) is 0.292. The first kappa shape index (κ1) is 25.0. The molecule has 0 amide bonds. The van der Waals surface area contributed by atoms with Crippen LogP contribution >= 0.6 is 22.9 Å². The van der Waals surface area contributed by atoms with Gasteiger partial charge in [-0.1, -0.05) is 29.8 Å². The van der Waals surface area contributed by atoms with Crippen LogP contribution in [0.4, 0.5) is 5.95 Å². The van der Waals surface area contributed by atoms with E-state index in [9.17, 15) is 18.6 Å². The van der Waals surface area contributed by atoms with E-state index in [1.54, 1.807) is 18.3 Å². The fourth-order valence-corrected chi connectivity index (χ4v) is 6.94. The van der Waals surface area contributed by atoms with Crippen LogP contribution in [0.3, 0.4) is 0 Å². The molecule has 0 bridgehead atoms. The third-order valence-corrected chi connectivity index (χ3v) is 9.58. The summed E-state index contributed by atoms with van der Waals surface area (Å²) in [5.41, 5.74) is 6.62. The van der Waals surface area contributed by atoms with Crippen LogP contribution in [0, 0.1) is 0 Å². The quantitative estimate of drug-likeness (QED) is 0.263. The Morgan fingerprint density at radius 3 is 2.78 bits per heavy atom. The Morgan fingerprint density at radius 2 is 2.06 bits per heavy atom. The van der Waals surface area contributed by atoms with Crippen LogP contribution in [0.15, 0.2) is 48.8 Å². The largest absolute Gasteiger partial charge is 0.393 e. The number of aliphatic hydroxyl groups is 2. The van der Waals surface area contributed by atoms with E-state index in [0.29, 0.717) is 29.0 Å². The number of hydrogen-bond donors (Lipinski definition) is 4. The number of aromatic nitrogens is 3. The zero-order valence-electron chi connectivity index (χ0n) is 19.2. The summed E-state index contributed by atoms with van der Waals surface area (Å²) < 4.78 is 29.5. The first-order valence-electron chi connectivity index (χ1n) is 11.2. The molecule has 1 aliphatic carbocycles. The standard InChI is InChI=1S/C24H24ClN5O4S2/c1-24(32,12-31)14-7-8-27-18(10-14)16-4-2-3-13-9-19(35-22(13)16)21(30-36(33,34)15-5-6-15)20-17(25)11-28-23(26)29-20/h2-4,7-11,15,21,30-32H,5-6,12H2,1H3,(H2,26,28,29)/t21-,24+/m1/s1. The SMILES string of the molecule is C[C@](O)(CO)c1ccnc(-c2cccc3cc([C@@H](NS(=O)(=O)C4CC4)c4nc(N)ncc4Cl)sc23)c1. The number of rotatable bonds is 8. The van der Waals surface area contributed by atoms with Gasteiger partial charge in [-0.15, -0.1) is 11.3 Å². The molecule has 3 aromatic heterocycles. The van der Waals surface area contributed by atoms with Gasteiger partial charge >= 0.3 is 0 Å². The Hall–Kier alpha value is -2.67. The van der Waals surface area contributed by atoms with Crippen molar-refractivity contribution in [3.63, 3.8) is 0 Å². The molecule has 4 aromatic rings. The lowest BCUT2D eigenvalue weighted by molar-refractivity contribution is -0.00230. The van der Waals surface area contributed by atoms with Gasteiger partial charge in [0.2, 0.25) is 16.0 Å². The summed E-state index contributed by atoms with van der Waals surface area (Å²) in [7, 11) is -3.60. The van der Waals surface area contributed by atoms with Crippen molar-refractivity contribution in [2.24, 2.45) is 0 Å². The summed E-state index contributed by atoms with van der Waals surface area (Å²) in [6, 6.07) is 10.1. The van der Waals surface area contributed by atoms with E-state index in [1.807, 2.05) is 24.3 Å². The maximum Gasteiger partial charge on any atom is 0.220 e. The third kappa shape index (κ3) is 4.82. The van der Waals surface area contributed by atoms with E-state index in [0.717, 1.165) is 15.6 Å². The van der Waals surface area contributed by atoms with Gasteiger partial charge in [0.15, 0.2) is 0 Å². The monoisotopic (exact) mass is 545 g/mol. The summed E-state index contributed by atoms with van der Waals surface area (Å²) in [5.74, 6) is -0.0104. The van der Waals surface area contributed by atoms with Crippen molar-refractivity contribution >= 4 is 49.0 Å². The molecule has 1 aliphatic rings. The van der Waals surface area contributed by atoms with E-state index >= 15 is 0 Å². The molecule has 0 saturated heterocycles. The highest BCUT2D eigenvalue weighted by molar-refractivity contribution is 7.90. The zero-order valence-corrected chi connectivity index (χ0v) is 21.6. The van der Waals surface area contributed by atoms with Crippen LogP contribution in [0.2, 0.25) is 5.02 Å². The van der Waals surface area contributed by atoms with Crippen molar-refractivity contribution in [1.29, 1.82) is 0 Å². The molecule has 3 heterocycles. The van der Waals surface area contributed by atoms with Gasteiger partial charge in [-0.2, -0.15) is 0 Å². The maximum absolute atomic E-state index is 12.9. The highest BCUT2D eigenvalue weighted by atomic mass is 35.5. The summed E-state index contributed by atoms with van der Waals surface area (Å²) in [6.45, 7) is 1.10. The zero-order chi connectivity index (χ0) is 25.7. The Morgan fingerprint density at radius 1 is 1.28 bits per heavy atom. The number of halogens is 1. The predicted molar refractivity (Wildman–Crippen MR) is 140 cm³/mol. The molecule has 9 nitrogen and oxygen atoms in total. The third-order valence-electron chi connectivity index (χ3n) is 6.12. The number of nitrogens with one attached hydrogen (secondary N) is 1. The number of pyridine rings is 1. The van der Waals surface area contributed by atoms with Crippen LogP contribution in [0.25, 0.3) is 21.3 Å². The van der Waals surface area contributed by atoms with Gasteiger partial charge in [0.1, 0.15) is 5.60 Å². The average Bonchev–Trinajstić information content (AvgIpc) is 3.64. The number of benzene rings is 1. The molecule has 5 rings (SSSR count). The molecule has 0 aliphatic heterocycles. The second-order valence-corrected chi connectivity index (χ2v) is 12.5. The smallest absolute Gasteiger partial charge is 0.220 e. The Balaban J connectivity index is 1.64. The van der Waals surface area contributed by atoms with Gasteiger partial charge in [-0.3, -0.25) is 4.98 Å². The fourth-order valence-electron chi connectivity index (χ4n) is 3.92. The van der Waals surface area contributed by atoms with Crippen molar-refractivity contribution in [3.8, 4) is 11.3 Å². The Labute approximate surface area is 217 Å². The number of thiophene rings is 1. The normalized spacial score (nSPS) is 16.7. The van der Waals surface area contributed by atoms with E-state index in [2.05, 4.69) is 19.7 Å². The van der Waals surface area contributed by atoms with Gasteiger partial charge in [-0.05, 0) is 48.9 Å². The molecule has 1 aromatic carbocycles. The van der Waals surface area contributed by atoms with Crippen LogP contribution in [0.5, 0.6) is 0 Å². The molecule has 0 radical (unpaired) electrons. The summed E-state index contributed by atoms with van der Waals surface area (Å²) in [5, 5.41) is 20.7. The van der Waals surface area contributed by atoms with Gasteiger partial charge in [0.25, 0.3) is 0 Å². The van der Waals surface area contributed by atoms with Crippen LogP contribution in [-0.2, 0) is 15.6 Å². The number of fused-ring (bicyclic) bond motifs is 1. The summed E-state index contributed by atoms with van der Waals surface area (Å²) in [4.78, 5) is 13.3. The molecule has 2 atom stereocenters. The first-order chi connectivity index (χ1) is 17.1. The lowest BCUT2D eigenvalue weighted by Gasteiger charge is -2.21. The van der Waals surface area contributed by atoms with Crippen molar-refractivity contribution in [2.45, 2.75) is 36.7 Å². The first-order valence-corrected chi connectivity index (χ1v) is 13.9. The van der Waals surface area contributed by atoms with Gasteiger partial charge in [-0.25, -0.2) is 23.1 Å². The molecule has 0 unspecified atom stereocenters. The van der Waals surface area contributed by atoms with Crippen molar-refractivity contribution in [3.05, 3.63) is 69.9 Å².